The van der Waals surface area contributed by atoms with Crippen LogP contribution in [0.15, 0.2) is 61.3 Å². The van der Waals surface area contributed by atoms with Crippen LogP contribution >= 0.6 is 26.6 Å². The van der Waals surface area contributed by atoms with E-state index in [1.165, 1.54) is 18.3 Å². The number of nitrogens with zero attached hydrogens (tertiary/aromatic N) is 3. The van der Waals surface area contributed by atoms with Crippen molar-refractivity contribution in [2.75, 3.05) is 43.2 Å². The third kappa shape index (κ3) is 8.83. The van der Waals surface area contributed by atoms with Crippen molar-refractivity contribution >= 4 is 55.6 Å². The Morgan fingerprint density at radius 1 is 1.18 bits per heavy atom. The first-order valence-corrected chi connectivity index (χ1v) is 17.5. The lowest BCUT2D eigenvalue weighted by molar-refractivity contribution is -0.134. The van der Waals surface area contributed by atoms with Gasteiger partial charge in [-0.3, -0.25) is 18.7 Å². The summed E-state index contributed by atoms with van der Waals surface area (Å²) in [5.41, 5.74) is 2.87. The van der Waals surface area contributed by atoms with Crippen molar-refractivity contribution in [3.05, 3.63) is 71.9 Å². The average molecular weight is 665 g/mol. The molecule has 1 saturated heterocycles. The van der Waals surface area contributed by atoms with E-state index in [0.29, 0.717) is 54.0 Å². The molecule has 0 bridgehead atoms. The molecule has 2 heterocycles. The number of morpholine rings is 1. The van der Waals surface area contributed by atoms with E-state index in [0.717, 1.165) is 12.2 Å². The van der Waals surface area contributed by atoms with Gasteiger partial charge >= 0.3 is 13.6 Å². The van der Waals surface area contributed by atoms with Crippen LogP contribution in [0.5, 0.6) is 5.75 Å². The fourth-order valence-electron chi connectivity index (χ4n) is 4.47. The average Bonchev–Trinajstić information content (AvgIpc) is 2.97. The zero-order valence-electron chi connectivity index (χ0n) is 23.6. The van der Waals surface area contributed by atoms with Gasteiger partial charge in [-0.05, 0) is 35.9 Å². The van der Waals surface area contributed by atoms with Crippen LogP contribution < -0.4 is 15.0 Å². The van der Waals surface area contributed by atoms with Crippen LogP contribution in [0.25, 0.3) is 11.3 Å². The Labute approximate surface area is 258 Å². The Morgan fingerprint density at radius 2 is 1.91 bits per heavy atom. The van der Waals surface area contributed by atoms with Crippen molar-refractivity contribution in [1.29, 1.82) is 0 Å². The fourth-order valence-corrected chi connectivity index (χ4v) is 7.78. The van der Waals surface area contributed by atoms with Gasteiger partial charge in [-0.2, -0.15) is 0 Å². The Morgan fingerprint density at radius 3 is 2.57 bits per heavy atom. The molecule has 1 aliphatic rings. The lowest BCUT2D eigenvalue weighted by atomic mass is 10.0. The number of carbonyl (C=O) groups excluding carboxylic acids is 2. The number of anilines is 3. The summed E-state index contributed by atoms with van der Waals surface area (Å²) < 4.78 is 34.8. The topological polar surface area (TPSA) is 188 Å². The molecule has 234 valence electrons. The summed E-state index contributed by atoms with van der Waals surface area (Å²) in [6.45, 7) is 6.05. The maximum absolute atomic E-state index is 12.7. The van der Waals surface area contributed by atoms with E-state index in [1.54, 1.807) is 18.2 Å². The quantitative estimate of drug-likeness (QED) is 0.0925. The number of rotatable bonds is 12. The Hall–Kier alpha value is -3.41. The number of hydrogen-bond acceptors (Lipinski definition) is 10. The maximum Gasteiger partial charge on any atom is 0.338 e. The van der Waals surface area contributed by atoms with Crippen LogP contribution in [0.3, 0.4) is 0 Å². The van der Waals surface area contributed by atoms with Gasteiger partial charge < -0.3 is 34.4 Å². The summed E-state index contributed by atoms with van der Waals surface area (Å²) in [6.07, 6.45) is 1.94. The van der Waals surface area contributed by atoms with Crippen LogP contribution in [0.1, 0.15) is 12.0 Å². The van der Waals surface area contributed by atoms with Gasteiger partial charge in [-0.1, -0.05) is 36.4 Å². The molecule has 44 heavy (non-hydrogen) atoms. The Balaban J connectivity index is 1.61. The molecule has 0 aliphatic carbocycles. The van der Waals surface area contributed by atoms with Gasteiger partial charge in [0.15, 0.2) is 11.5 Å². The lowest BCUT2D eigenvalue weighted by Crippen LogP contribution is -2.36. The van der Waals surface area contributed by atoms with Crippen LogP contribution in [0.4, 0.5) is 17.3 Å². The second-order valence-corrected chi connectivity index (χ2v) is 15.2. The highest BCUT2D eigenvalue weighted by Crippen LogP contribution is 2.61. The van der Waals surface area contributed by atoms with Crippen LogP contribution in [-0.4, -0.2) is 74.8 Å². The SMILES string of the molecule is C=CC(=O)Cc1cccc(-c2nc(Nc3ccc(OC(=O)CC(P(C)(=O)O)P(=O)(O)O)c(N4CCOCC4)c3)ncc2Cl)c1. The number of esters is 1. The zero-order chi connectivity index (χ0) is 32.1. The van der Waals surface area contributed by atoms with E-state index in [-0.39, 0.29) is 23.9 Å². The highest BCUT2D eigenvalue weighted by atomic mass is 35.5. The summed E-state index contributed by atoms with van der Waals surface area (Å²) >= 11 is 6.42. The minimum atomic E-state index is -5.07. The van der Waals surface area contributed by atoms with Gasteiger partial charge in [-0.25, -0.2) is 9.97 Å². The monoisotopic (exact) mass is 664 g/mol. The predicted octanol–water partition coefficient (Wildman–Crippen LogP) is 4.37. The van der Waals surface area contributed by atoms with Gasteiger partial charge in [0.1, 0.15) is 5.40 Å². The standard InChI is InChI=1S/C28H31ClN4O9P2/c1-3-21(34)14-18-5-4-6-19(13-18)27-22(29)17-30-28(32-27)31-20-7-8-24(23(15-20)33-9-11-41-12-10-33)42-25(35)16-26(43(2,36)37)44(38,39)40/h3-8,13,15,17,26H,1,9-12,14,16H2,2H3,(H,36,37)(H,30,31,32)(H2,38,39,40). The molecule has 0 radical (unpaired) electrons. The number of aromatic nitrogens is 2. The van der Waals surface area contributed by atoms with Gasteiger partial charge in [0.25, 0.3) is 0 Å². The molecule has 16 heteroatoms. The number of allylic oxidation sites excluding steroid dienone is 1. The van der Waals surface area contributed by atoms with E-state index in [4.69, 9.17) is 21.1 Å². The molecular formula is C28H31ClN4O9P2. The minimum Gasteiger partial charge on any atom is -0.424 e. The highest BCUT2D eigenvalue weighted by Gasteiger charge is 2.43. The molecule has 0 amide bonds. The number of hydrogen-bond donors (Lipinski definition) is 4. The summed E-state index contributed by atoms with van der Waals surface area (Å²) in [4.78, 5) is 64.2. The molecule has 4 N–H and O–H groups in total. The van der Waals surface area contributed by atoms with Gasteiger partial charge in [0, 0.05) is 37.4 Å². The summed E-state index contributed by atoms with van der Waals surface area (Å²) in [5, 5.41) is 1.32. The first-order chi connectivity index (χ1) is 20.7. The van der Waals surface area contributed by atoms with Crippen LogP contribution in [-0.2, 0) is 29.9 Å². The number of halogens is 1. The summed E-state index contributed by atoms with van der Waals surface area (Å²) in [7, 11) is -9.40. The van der Waals surface area contributed by atoms with E-state index in [2.05, 4.69) is 21.9 Å². The third-order valence-electron chi connectivity index (χ3n) is 6.63. The smallest absolute Gasteiger partial charge is 0.338 e. The lowest BCUT2D eigenvalue weighted by Gasteiger charge is -2.30. The van der Waals surface area contributed by atoms with Crippen molar-refractivity contribution in [1.82, 2.24) is 9.97 Å². The highest BCUT2D eigenvalue weighted by molar-refractivity contribution is 7.73. The van der Waals surface area contributed by atoms with E-state index >= 15 is 0 Å². The van der Waals surface area contributed by atoms with Crippen molar-refractivity contribution < 1.29 is 42.9 Å². The summed E-state index contributed by atoms with van der Waals surface area (Å²) in [5.74, 6) is -0.906. The molecule has 13 nitrogen and oxygen atoms in total. The molecule has 1 aromatic heterocycles. The fraction of sp³-hybridized carbons (Fsp3) is 0.286. The number of nitrogens with one attached hydrogen (secondary N) is 1. The van der Waals surface area contributed by atoms with Crippen molar-refractivity contribution in [2.45, 2.75) is 18.2 Å². The van der Waals surface area contributed by atoms with Crippen molar-refractivity contribution in [3.63, 3.8) is 0 Å². The molecule has 1 fully saturated rings. The number of ketones is 1. The minimum absolute atomic E-state index is 0.0828. The van der Waals surface area contributed by atoms with Crippen molar-refractivity contribution in [3.8, 4) is 17.0 Å². The van der Waals surface area contributed by atoms with E-state index in [9.17, 15) is 33.4 Å². The number of carbonyl (C=O) groups is 2. The largest absolute Gasteiger partial charge is 0.424 e. The van der Waals surface area contributed by atoms with Gasteiger partial charge in [0.05, 0.1) is 42.2 Å². The third-order valence-corrected chi connectivity index (χ3v) is 11.3. The predicted molar refractivity (Wildman–Crippen MR) is 166 cm³/mol. The second-order valence-electron chi connectivity index (χ2n) is 10.0. The zero-order valence-corrected chi connectivity index (χ0v) is 26.2. The molecule has 2 unspecified atom stereocenters. The molecule has 2 aromatic carbocycles. The van der Waals surface area contributed by atoms with Gasteiger partial charge in [0.2, 0.25) is 13.3 Å². The summed E-state index contributed by atoms with van der Waals surface area (Å²) in [6, 6.07) is 12.0. The molecular weight excluding hydrogens is 634 g/mol. The first kappa shape index (κ1) is 33.5. The molecule has 3 aromatic rings. The number of benzene rings is 2. The Bertz CT molecular complexity index is 1630. The first-order valence-electron chi connectivity index (χ1n) is 13.3. The van der Waals surface area contributed by atoms with E-state index in [1.807, 2.05) is 23.1 Å². The maximum atomic E-state index is 12.7. The molecule has 2 atom stereocenters. The molecule has 4 rings (SSSR count). The van der Waals surface area contributed by atoms with Crippen LogP contribution in [0.2, 0.25) is 5.02 Å². The molecule has 0 spiro atoms. The number of ether oxygens (including phenoxy) is 2. The molecule has 1 aliphatic heterocycles. The Kier molecular flexibility index (Phi) is 10.8. The van der Waals surface area contributed by atoms with E-state index < -0.39 is 32.8 Å². The normalized spacial score (nSPS) is 15.6. The van der Waals surface area contributed by atoms with Crippen molar-refractivity contribution in [2.24, 2.45) is 0 Å². The van der Waals surface area contributed by atoms with Crippen LogP contribution in [0, 0.1) is 0 Å². The van der Waals surface area contributed by atoms with Gasteiger partial charge in [-0.15, -0.1) is 0 Å². The second kappa shape index (κ2) is 14.1. The molecule has 0 saturated carbocycles.